The number of ether oxygens (including phenoxy) is 2. The highest BCUT2D eigenvalue weighted by Crippen LogP contribution is 2.36. The zero-order valence-corrected chi connectivity index (χ0v) is 15.6. The molecular formula is C20H26N2O4. The first-order valence-electron chi connectivity index (χ1n) is 9.08. The van der Waals surface area contributed by atoms with E-state index in [9.17, 15) is 14.9 Å². The second-order valence-electron chi connectivity index (χ2n) is 6.91. The van der Waals surface area contributed by atoms with Gasteiger partial charge in [0.2, 0.25) is 0 Å². The summed E-state index contributed by atoms with van der Waals surface area (Å²) in [5, 5.41) is 12.1. The van der Waals surface area contributed by atoms with Crippen molar-refractivity contribution < 1.29 is 19.1 Å². The summed E-state index contributed by atoms with van der Waals surface area (Å²) in [7, 11) is 0. The van der Waals surface area contributed by atoms with E-state index < -0.39 is 11.6 Å². The molecule has 1 saturated carbocycles. The van der Waals surface area contributed by atoms with E-state index in [1.54, 1.807) is 6.07 Å². The third-order valence-corrected chi connectivity index (χ3v) is 4.56. The highest BCUT2D eigenvalue weighted by atomic mass is 16.5. The molecule has 1 aliphatic carbocycles. The molecule has 0 heterocycles. The van der Waals surface area contributed by atoms with Gasteiger partial charge in [-0.15, -0.1) is 0 Å². The van der Waals surface area contributed by atoms with Gasteiger partial charge in [-0.3, -0.25) is 9.59 Å². The number of rotatable bonds is 6. The number of hydrogen-bond donors (Lipinski definition) is 1. The first-order valence-corrected chi connectivity index (χ1v) is 9.08. The second kappa shape index (κ2) is 8.81. The van der Waals surface area contributed by atoms with Crippen LogP contribution in [0.15, 0.2) is 18.2 Å². The lowest BCUT2D eigenvalue weighted by atomic mass is 9.78. The number of nitrogens with zero attached hydrogens (tertiary/aromatic N) is 1. The van der Waals surface area contributed by atoms with Gasteiger partial charge in [0, 0.05) is 19.2 Å². The monoisotopic (exact) mass is 358 g/mol. The lowest BCUT2D eigenvalue weighted by molar-refractivity contribution is -0.148. The van der Waals surface area contributed by atoms with Crippen LogP contribution >= 0.6 is 0 Å². The maximum atomic E-state index is 13.0. The van der Waals surface area contributed by atoms with Crippen molar-refractivity contribution in [3.05, 3.63) is 23.8 Å². The molecule has 140 valence electrons. The number of amides is 1. The van der Waals surface area contributed by atoms with Crippen molar-refractivity contribution >= 4 is 17.6 Å². The third kappa shape index (κ3) is 4.83. The number of carbonyl (C=O) groups is 2. The molecule has 0 saturated heterocycles. The fourth-order valence-electron chi connectivity index (χ4n) is 3.39. The van der Waals surface area contributed by atoms with Gasteiger partial charge in [-0.1, -0.05) is 20.3 Å². The molecule has 0 unspecified atom stereocenters. The second-order valence-corrected chi connectivity index (χ2v) is 6.91. The third-order valence-electron chi connectivity index (χ3n) is 4.56. The van der Waals surface area contributed by atoms with Crippen molar-refractivity contribution in [3.8, 4) is 11.8 Å². The molecule has 6 heteroatoms. The van der Waals surface area contributed by atoms with Gasteiger partial charge in [-0.05, 0) is 49.8 Å². The van der Waals surface area contributed by atoms with E-state index in [-0.39, 0.29) is 17.2 Å². The van der Waals surface area contributed by atoms with E-state index >= 15 is 0 Å². The molecule has 1 N–H and O–H groups in total. The number of carbonyl (C=O) groups excluding carboxylic acids is 2. The average molecular weight is 358 g/mol. The van der Waals surface area contributed by atoms with Gasteiger partial charge in [0.25, 0.3) is 5.91 Å². The number of hydrogen-bond acceptors (Lipinski definition) is 5. The van der Waals surface area contributed by atoms with Crippen molar-refractivity contribution in [1.29, 1.82) is 5.26 Å². The standard InChI is InChI=1S/C20H26N2O4/c1-4-10-25-20(9-5-6-14(2)12-20)19(24)22-17-7-8-18(26-15(3)23)16(11-17)13-21/h7-8,11,14H,4-6,9-10,12H2,1-3H3,(H,22,24)/t14-,20+/m1/s1. The molecule has 26 heavy (non-hydrogen) atoms. The normalized spacial score (nSPS) is 22.3. The van der Waals surface area contributed by atoms with Crippen LogP contribution in [0.3, 0.4) is 0 Å². The van der Waals surface area contributed by atoms with Gasteiger partial charge >= 0.3 is 5.97 Å². The molecule has 1 aromatic rings. The predicted octanol–water partition coefficient (Wildman–Crippen LogP) is 3.80. The van der Waals surface area contributed by atoms with Gasteiger partial charge in [0.15, 0.2) is 0 Å². The van der Waals surface area contributed by atoms with Crippen LogP contribution in [0, 0.1) is 17.2 Å². The molecule has 6 nitrogen and oxygen atoms in total. The van der Waals surface area contributed by atoms with Crippen LogP contribution < -0.4 is 10.1 Å². The smallest absolute Gasteiger partial charge is 0.308 e. The molecule has 0 radical (unpaired) electrons. The molecule has 1 aromatic carbocycles. The van der Waals surface area contributed by atoms with Crippen LogP contribution in [0.2, 0.25) is 0 Å². The van der Waals surface area contributed by atoms with Crippen LogP contribution in [0.25, 0.3) is 0 Å². The summed E-state index contributed by atoms with van der Waals surface area (Å²) in [6.07, 6.45) is 4.28. The van der Waals surface area contributed by atoms with Gasteiger partial charge in [0.1, 0.15) is 17.4 Å². The SMILES string of the molecule is CCCO[C@@]1(C(=O)Nc2ccc(OC(C)=O)c(C#N)c2)CCC[C@@H](C)C1. The van der Waals surface area contributed by atoms with Crippen molar-refractivity contribution in [2.75, 3.05) is 11.9 Å². The molecule has 0 aliphatic heterocycles. The summed E-state index contributed by atoms with van der Waals surface area (Å²) in [4.78, 5) is 24.1. The Bertz CT molecular complexity index is 710. The minimum Gasteiger partial charge on any atom is -0.425 e. The largest absolute Gasteiger partial charge is 0.425 e. The van der Waals surface area contributed by atoms with Crippen molar-refractivity contribution in [2.45, 2.75) is 58.5 Å². The summed E-state index contributed by atoms with van der Waals surface area (Å²) in [5.74, 6) is -0.0726. The quantitative estimate of drug-likeness (QED) is 0.617. The van der Waals surface area contributed by atoms with Crippen molar-refractivity contribution in [2.24, 2.45) is 5.92 Å². The van der Waals surface area contributed by atoms with Crippen LogP contribution in [-0.4, -0.2) is 24.1 Å². The Balaban J connectivity index is 2.20. The van der Waals surface area contributed by atoms with Gasteiger partial charge in [-0.2, -0.15) is 5.26 Å². The van der Waals surface area contributed by atoms with E-state index in [4.69, 9.17) is 9.47 Å². The van der Waals surface area contributed by atoms with E-state index in [0.717, 1.165) is 19.3 Å². The fraction of sp³-hybridized carbons (Fsp3) is 0.550. The summed E-state index contributed by atoms with van der Waals surface area (Å²) < 4.78 is 11.0. The molecular weight excluding hydrogens is 332 g/mol. The van der Waals surface area contributed by atoms with Crippen molar-refractivity contribution in [1.82, 2.24) is 0 Å². The molecule has 2 rings (SSSR count). The summed E-state index contributed by atoms with van der Waals surface area (Å²) >= 11 is 0. The topological polar surface area (TPSA) is 88.4 Å². The minimum absolute atomic E-state index is 0.179. The fourth-order valence-corrected chi connectivity index (χ4v) is 3.39. The number of nitriles is 1. The molecule has 0 spiro atoms. The lowest BCUT2D eigenvalue weighted by Gasteiger charge is -2.38. The van der Waals surface area contributed by atoms with Gasteiger partial charge < -0.3 is 14.8 Å². The predicted molar refractivity (Wildman–Crippen MR) is 97.7 cm³/mol. The zero-order chi connectivity index (χ0) is 19.2. The van der Waals surface area contributed by atoms with E-state index in [2.05, 4.69) is 12.2 Å². The Morgan fingerprint density at radius 2 is 2.19 bits per heavy atom. The maximum absolute atomic E-state index is 13.0. The Morgan fingerprint density at radius 1 is 1.42 bits per heavy atom. The Kier molecular flexibility index (Phi) is 6.76. The van der Waals surface area contributed by atoms with E-state index in [1.807, 2.05) is 13.0 Å². The minimum atomic E-state index is -0.824. The maximum Gasteiger partial charge on any atom is 0.308 e. The molecule has 1 aliphatic rings. The number of esters is 1. The zero-order valence-electron chi connectivity index (χ0n) is 15.6. The molecule has 2 atom stereocenters. The number of nitrogens with one attached hydrogen (secondary N) is 1. The van der Waals surface area contributed by atoms with E-state index in [1.165, 1.54) is 19.1 Å². The highest BCUT2D eigenvalue weighted by Gasteiger charge is 2.42. The molecule has 1 fully saturated rings. The van der Waals surface area contributed by atoms with E-state index in [0.29, 0.717) is 31.1 Å². The molecule has 1 amide bonds. The first-order chi connectivity index (χ1) is 12.4. The van der Waals surface area contributed by atoms with Gasteiger partial charge in [-0.25, -0.2) is 0 Å². The number of anilines is 1. The van der Waals surface area contributed by atoms with Crippen LogP contribution in [0.4, 0.5) is 5.69 Å². The molecule has 0 aromatic heterocycles. The first kappa shape index (κ1) is 19.9. The summed E-state index contributed by atoms with van der Waals surface area (Å²) in [6.45, 7) is 5.97. The van der Waals surface area contributed by atoms with Crippen molar-refractivity contribution in [3.63, 3.8) is 0 Å². The Morgan fingerprint density at radius 3 is 2.81 bits per heavy atom. The van der Waals surface area contributed by atoms with Crippen LogP contribution in [-0.2, 0) is 14.3 Å². The highest BCUT2D eigenvalue weighted by molar-refractivity contribution is 5.97. The van der Waals surface area contributed by atoms with Gasteiger partial charge in [0.05, 0.1) is 5.56 Å². The lowest BCUT2D eigenvalue weighted by Crippen LogP contribution is -2.48. The summed E-state index contributed by atoms with van der Waals surface area (Å²) in [6, 6.07) is 6.63. The average Bonchev–Trinajstić information content (AvgIpc) is 2.60. The van der Waals surface area contributed by atoms with Crippen LogP contribution in [0.1, 0.15) is 58.4 Å². The number of benzene rings is 1. The Hall–Kier alpha value is -2.39. The Labute approximate surface area is 154 Å². The summed E-state index contributed by atoms with van der Waals surface area (Å²) in [5.41, 5.74) is -0.145. The van der Waals surface area contributed by atoms with Crippen LogP contribution in [0.5, 0.6) is 5.75 Å². The molecule has 0 bridgehead atoms.